The van der Waals surface area contributed by atoms with Crippen LogP contribution in [0.2, 0.25) is 0 Å². The number of furan rings is 2. The highest BCUT2D eigenvalue weighted by Crippen LogP contribution is 2.41. The summed E-state index contributed by atoms with van der Waals surface area (Å²) in [5, 5.41) is 6.40. The van der Waals surface area contributed by atoms with Crippen LogP contribution in [0.3, 0.4) is 0 Å². The van der Waals surface area contributed by atoms with Gasteiger partial charge in [0.2, 0.25) is 0 Å². The average molecular weight is 616 g/mol. The van der Waals surface area contributed by atoms with Gasteiger partial charge in [-0.2, -0.15) is 0 Å². The zero-order chi connectivity index (χ0) is 31.6. The molecular weight excluding hydrogens is 590 g/mol. The van der Waals surface area contributed by atoms with E-state index in [4.69, 9.17) is 23.8 Å². The Morgan fingerprint density at radius 1 is 0.292 bits per heavy atom. The first-order chi connectivity index (χ1) is 23.8. The van der Waals surface area contributed by atoms with E-state index in [1.807, 2.05) is 78.9 Å². The van der Waals surface area contributed by atoms with E-state index in [0.29, 0.717) is 17.5 Å². The molecule has 0 bridgehead atoms. The normalized spacial score (nSPS) is 11.8. The molecule has 10 aromatic rings. The number of hydrogen-bond donors (Lipinski definition) is 0. The van der Waals surface area contributed by atoms with Crippen molar-refractivity contribution in [1.29, 1.82) is 0 Å². The van der Waals surface area contributed by atoms with Crippen molar-refractivity contribution >= 4 is 54.6 Å². The van der Waals surface area contributed by atoms with E-state index < -0.39 is 0 Å². The topological polar surface area (TPSA) is 65.0 Å². The fourth-order valence-corrected chi connectivity index (χ4v) is 7.03. The molecule has 0 radical (unpaired) electrons. The van der Waals surface area contributed by atoms with Crippen molar-refractivity contribution in [2.45, 2.75) is 0 Å². The summed E-state index contributed by atoms with van der Waals surface area (Å²) in [5.41, 5.74) is 8.39. The Hall–Kier alpha value is -6.59. The van der Waals surface area contributed by atoms with Crippen LogP contribution in [0, 0.1) is 0 Å². The van der Waals surface area contributed by atoms with Crippen LogP contribution in [-0.4, -0.2) is 15.0 Å². The van der Waals surface area contributed by atoms with Crippen molar-refractivity contribution in [1.82, 2.24) is 15.0 Å². The second kappa shape index (κ2) is 10.5. The molecule has 5 nitrogen and oxygen atoms in total. The van der Waals surface area contributed by atoms with Crippen LogP contribution in [0.25, 0.3) is 99.9 Å². The summed E-state index contributed by atoms with van der Waals surface area (Å²) in [4.78, 5) is 15.4. The number of benzene rings is 7. The maximum Gasteiger partial charge on any atom is 0.164 e. The maximum absolute atomic E-state index is 6.25. The standard InChI is InChI=1S/C43H25N3O2/c1-2-12-26(13-3-1)41-44-42(46-43(45-41)34-21-11-25-38-40(34)33-15-5-7-23-36(33)48-38)31-20-9-16-27-28(17-8-18-29(27)31)30-19-10-24-37-39(30)32-14-4-6-22-35(32)47-37/h1-25H. The molecule has 224 valence electrons. The molecule has 0 aliphatic heterocycles. The lowest BCUT2D eigenvalue weighted by atomic mass is 9.93. The first-order valence-corrected chi connectivity index (χ1v) is 15.9. The maximum atomic E-state index is 6.25. The van der Waals surface area contributed by atoms with E-state index >= 15 is 0 Å². The summed E-state index contributed by atoms with van der Waals surface area (Å²) in [6.07, 6.45) is 0. The SMILES string of the molecule is c1ccc(-c2nc(-c3cccc4c(-c5cccc6oc7ccccc7c56)cccc34)nc(-c3cccc4oc5ccccc5c34)n2)cc1. The molecule has 0 atom stereocenters. The summed E-state index contributed by atoms with van der Waals surface area (Å²) in [7, 11) is 0. The minimum atomic E-state index is 0.596. The highest BCUT2D eigenvalue weighted by atomic mass is 16.3. The smallest absolute Gasteiger partial charge is 0.164 e. The molecular formula is C43H25N3O2. The summed E-state index contributed by atoms with van der Waals surface area (Å²) >= 11 is 0. The molecule has 0 saturated heterocycles. The van der Waals surface area contributed by atoms with Crippen molar-refractivity contribution in [3.05, 3.63) is 152 Å². The summed E-state index contributed by atoms with van der Waals surface area (Å²) < 4.78 is 12.5. The first kappa shape index (κ1) is 26.6. The molecule has 0 fully saturated rings. The van der Waals surface area contributed by atoms with Crippen LogP contribution in [0.1, 0.15) is 0 Å². The fraction of sp³-hybridized carbons (Fsp3) is 0. The summed E-state index contributed by atoms with van der Waals surface area (Å²) in [5.74, 6) is 1.82. The number of hydrogen-bond acceptors (Lipinski definition) is 5. The Bertz CT molecular complexity index is 2850. The van der Waals surface area contributed by atoms with Crippen molar-refractivity contribution in [3.63, 3.8) is 0 Å². The van der Waals surface area contributed by atoms with Gasteiger partial charge in [-0.1, -0.05) is 127 Å². The van der Waals surface area contributed by atoms with E-state index in [9.17, 15) is 0 Å². The van der Waals surface area contributed by atoms with Crippen molar-refractivity contribution in [2.24, 2.45) is 0 Å². The van der Waals surface area contributed by atoms with Gasteiger partial charge in [0, 0.05) is 38.2 Å². The van der Waals surface area contributed by atoms with Gasteiger partial charge in [-0.25, -0.2) is 15.0 Å². The van der Waals surface area contributed by atoms with Crippen LogP contribution >= 0.6 is 0 Å². The second-order valence-corrected chi connectivity index (χ2v) is 11.9. The lowest BCUT2D eigenvalue weighted by Gasteiger charge is -2.13. The predicted molar refractivity (Wildman–Crippen MR) is 194 cm³/mol. The van der Waals surface area contributed by atoms with Gasteiger partial charge in [-0.3, -0.25) is 0 Å². The molecule has 0 saturated carbocycles. The molecule has 0 amide bonds. The Morgan fingerprint density at radius 3 is 1.42 bits per heavy atom. The molecule has 48 heavy (non-hydrogen) atoms. The van der Waals surface area contributed by atoms with Crippen LogP contribution in [0.15, 0.2) is 160 Å². The number of nitrogens with zero attached hydrogens (tertiary/aromatic N) is 3. The van der Waals surface area contributed by atoms with Gasteiger partial charge in [-0.05, 0) is 46.2 Å². The summed E-state index contributed by atoms with van der Waals surface area (Å²) in [6.45, 7) is 0. The van der Waals surface area contributed by atoms with Crippen molar-refractivity contribution in [2.75, 3.05) is 0 Å². The van der Waals surface area contributed by atoms with Crippen LogP contribution < -0.4 is 0 Å². The molecule has 0 spiro atoms. The van der Waals surface area contributed by atoms with E-state index in [1.165, 1.54) is 0 Å². The zero-order valence-electron chi connectivity index (χ0n) is 25.6. The van der Waals surface area contributed by atoms with Crippen LogP contribution in [0.4, 0.5) is 0 Å². The Balaban J connectivity index is 1.23. The largest absolute Gasteiger partial charge is 0.456 e. The third-order valence-electron chi connectivity index (χ3n) is 9.17. The minimum Gasteiger partial charge on any atom is -0.456 e. The predicted octanol–water partition coefficient (Wildman–Crippen LogP) is 11.5. The molecule has 7 aromatic carbocycles. The molecule has 0 unspecified atom stereocenters. The molecule has 0 aliphatic rings. The first-order valence-electron chi connectivity index (χ1n) is 15.9. The molecule has 0 N–H and O–H groups in total. The van der Waals surface area contributed by atoms with Gasteiger partial charge in [0.05, 0.1) is 0 Å². The van der Waals surface area contributed by atoms with Gasteiger partial charge in [0.15, 0.2) is 17.5 Å². The van der Waals surface area contributed by atoms with E-state index in [2.05, 4.69) is 72.8 Å². The van der Waals surface area contributed by atoms with Crippen molar-refractivity contribution < 1.29 is 8.83 Å². The third kappa shape index (κ3) is 4.08. The monoisotopic (exact) mass is 615 g/mol. The highest BCUT2D eigenvalue weighted by molar-refractivity contribution is 6.16. The number of rotatable bonds is 4. The lowest BCUT2D eigenvalue weighted by molar-refractivity contribution is 0.668. The Kier molecular flexibility index (Phi) is 5.81. The Labute approximate surface area is 274 Å². The number of para-hydroxylation sites is 2. The molecule has 3 heterocycles. The quantitative estimate of drug-likeness (QED) is 0.197. The molecule has 3 aromatic heterocycles. The Morgan fingerprint density at radius 2 is 0.729 bits per heavy atom. The van der Waals surface area contributed by atoms with Gasteiger partial charge in [0.25, 0.3) is 0 Å². The van der Waals surface area contributed by atoms with E-state index in [1.54, 1.807) is 0 Å². The molecule has 0 aliphatic carbocycles. The average Bonchev–Trinajstić information content (AvgIpc) is 3.73. The lowest BCUT2D eigenvalue weighted by Crippen LogP contribution is -2.01. The van der Waals surface area contributed by atoms with Gasteiger partial charge in [0.1, 0.15) is 22.3 Å². The summed E-state index contributed by atoms with van der Waals surface area (Å²) in [6, 6.07) is 51.5. The highest BCUT2D eigenvalue weighted by Gasteiger charge is 2.20. The van der Waals surface area contributed by atoms with Crippen molar-refractivity contribution in [3.8, 4) is 45.3 Å². The second-order valence-electron chi connectivity index (χ2n) is 11.9. The fourth-order valence-electron chi connectivity index (χ4n) is 7.03. The molecule has 10 rings (SSSR count). The van der Waals surface area contributed by atoms with E-state index in [0.717, 1.165) is 82.5 Å². The van der Waals surface area contributed by atoms with Gasteiger partial charge >= 0.3 is 0 Å². The van der Waals surface area contributed by atoms with Gasteiger partial charge < -0.3 is 8.83 Å². The van der Waals surface area contributed by atoms with Gasteiger partial charge in [-0.15, -0.1) is 0 Å². The minimum absolute atomic E-state index is 0.596. The number of aromatic nitrogens is 3. The number of fused-ring (bicyclic) bond motifs is 7. The third-order valence-corrected chi connectivity index (χ3v) is 9.17. The van der Waals surface area contributed by atoms with Crippen LogP contribution in [0.5, 0.6) is 0 Å². The van der Waals surface area contributed by atoms with E-state index in [-0.39, 0.29) is 0 Å². The molecule has 5 heteroatoms. The van der Waals surface area contributed by atoms with Crippen LogP contribution in [-0.2, 0) is 0 Å². The zero-order valence-corrected chi connectivity index (χ0v) is 25.6.